The molecule has 170 valence electrons. The molecule has 4 rings (SSSR count). The fourth-order valence-electron chi connectivity index (χ4n) is 3.59. The lowest BCUT2D eigenvalue weighted by Gasteiger charge is -2.26. The molecule has 2 aromatic heterocycles. The Balaban J connectivity index is 1.49. The van der Waals surface area contributed by atoms with E-state index < -0.39 is 10.0 Å². The average Bonchev–Trinajstić information content (AvgIpc) is 3.08. The van der Waals surface area contributed by atoms with Crippen molar-refractivity contribution in [1.82, 2.24) is 14.3 Å². The molecule has 7 nitrogen and oxygen atoms in total. The molecule has 32 heavy (non-hydrogen) atoms. The predicted molar refractivity (Wildman–Crippen MR) is 130 cm³/mol. The van der Waals surface area contributed by atoms with Crippen molar-refractivity contribution < 1.29 is 13.2 Å². The topological polar surface area (TPSA) is 92.3 Å². The number of sulfonamides is 1. The zero-order valence-corrected chi connectivity index (χ0v) is 20.9. The van der Waals surface area contributed by atoms with Crippen molar-refractivity contribution in [2.75, 3.05) is 24.2 Å². The minimum Gasteiger partial charge on any atom is -0.324 e. The van der Waals surface area contributed by atoms with E-state index in [0.29, 0.717) is 13.1 Å². The van der Waals surface area contributed by atoms with E-state index in [1.165, 1.54) is 45.5 Å². The number of hydrogen-bond donors (Lipinski definition) is 1. The van der Waals surface area contributed by atoms with Gasteiger partial charge in [-0.25, -0.2) is 18.4 Å². The molecule has 1 aliphatic heterocycles. The molecule has 1 amide bonds. The van der Waals surface area contributed by atoms with Crippen molar-refractivity contribution >= 4 is 66.5 Å². The van der Waals surface area contributed by atoms with Crippen molar-refractivity contribution in [3.8, 4) is 0 Å². The maximum Gasteiger partial charge on any atom is 0.243 e. The van der Waals surface area contributed by atoms with Gasteiger partial charge in [0, 0.05) is 23.4 Å². The maximum atomic E-state index is 13.0. The molecular formula is C21H23ClN4O3S3. The van der Waals surface area contributed by atoms with Crippen LogP contribution in [-0.2, 0) is 14.8 Å². The number of piperidine rings is 1. The number of fused-ring (bicyclic) bond motifs is 1. The molecular weight excluding hydrogens is 488 g/mol. The van der Waals surface area contributed by atoms with Crippen molar-refractivity contribution in [2.45, 2.75) is 43.0 Å². The van der Waals surface area contributed by atoms with E-state index in [0.717, 1.165) is 40.1 Å². The Labute approximate surface area is 200 Å². The van der Waals surface area contributed by atoms with Gasteiger partial charge < -0.3 is 5.32 Å². The monoisotopic (exact) mass is 510 g/mol. The maximum absolute atomic E-state index is 13.0. The Hall–Kier alpha value is -1.72. The minimum absolute atomic E-state index is 0.111. The number of thioether (sulfide) groups is 1. The van der Waals surface area contributed by atoms with Crippen LogP contribution in [0.25, 0.3) is 10.2 Å². The number of aryl methyl sites for hydroxylation is 2. The highest BCUT2D eigenvalue weighted by Gasteiger charge is 2.26. The number of carbonyl (C=O) groups excluding carboxylic acids is 1. The molecule has 1 N–H and O–H groups in total. The van der Waals surface area contributed by atoms with Gasteiger partial charge in [0.15, 0.2) is 0 Å². The normalized spacial score (nSPS) is 15.2. The number of carbonyl (C=O) groups is 1. The number of amides is 1. The Bertz CT molecular complexity index is 1270. The first-order valence-corrected chi connectivity index (χ1v) is 13.8. The largest absolute Gasteiger partial charge is 0.324 e. The number of aromatic nitrogens is 2. The fraction of sp³-hybridized carbons (Fsp3) is 0.381. The molecule has 1 aromatic carbocycles. The summed E-state index contributed by atoms with van der Waals surface area (Å²) >= 11 is 9.17. The Kier molecular flexibility index (Phi) is 7.06. The quantitative estimate of drug-likeness (QED) is 0.376. The van der Waals surface area contributed by atoms with E-state index in [4.69, 9.17) is 11.6 Å². The van der Waals surface area contributed by atoms with Crippen molar-refractivity contribution in [3.63, 3.8) is 0 Å². The molecule has 0 atom stereocenters. The van der Waals surface area contributed by atoms with E-state index in [1.54, 1.807) is 11.3 Å². The van der Waals surface area contributed by atoms with Crippen LogP contribution in [0.5, 0.6) is 0 Å². The highest BCUT2D eigenvalue weighted by molar-refractivity contribution is 8.00. The Morgan fingerprint density at radius 3 is 2.72 bits per heavy atom. The van der Waals surface area contributed by atoms with Crippen LogP contribution in [0, 0.1) is 13.8 Å². The van der Waals surface area contributed by atoms with Gasteiger partial charge in [0.25, 0.3) is 0 Å². The number of benzene rings is 1. The number of nitrogens with zero attached hydrogens (tertiary/aromatic N) is 3. The van der Waals surface area contributed by atoms with Gasteiger partial charge in [-0.3, -0.25) is 4.79 Å². The van der Waals surface area contributed by atoms with Crippen LogP contribution in [0.2, 0.25) is 5.02 Å². The zero-order valence-electron chi connectivity index (χ0n) is 17.7. The summed E-state index contributed by atoms with van der Waals surface area (Å²) in [6.07, 6.45) is 4.25. The lowest BCUT2D eigenvalue weighted by molar-refractivity contribution is -0.113. The number of rotatable bonds is 6. The van der Waals surface area contributed by atoms with Crippen LogP contribution < -0.4 is 5.32 Å². The highest BCUT2D eigenvalue weighted by atomic mass is 35.5. The van der Waals surface area contributed by atoms with E-state index in [1.807, 2.05) is 13.8 Å². The minimum atomic E-state index is -3.62. The first-order valence-electron chi connectivity index (χ1n) is 10.2. The molecule has 1 saturated heterocycles. The first-order chi connectivity index (χ1) is 15.3. The smallest absolute Gasteiger partial charge is 0.243 e. The van der Waals surface area contributed by atoms with Gasteiger partial charge >= 0.3 is 0 Å². The molecule has 0 aliphatic carbocycles. The van der Waals surface area contributed by atoms with Gasteiger partial charge in [-0.2, -0.15) is 4.31 Å². The van der Waals surface area contributed by atoms with Crippen LogP contribution in [0.3, 0.4) is 0 Å². The SMILES string of the molecule is Cc1sc2ncnc(SCC(=O)Nc3cc(S(=O)(=O)N4CCCCC4)ccc3Cl)c2c1C. The third-order valence-corrected chi connectivity index (χ3v) is 9.76. The van der Waals surface area contributed by atoms with Crippen molar-refractivity contribution in [3.05, 3.63) is 40.0 Å². The molecule has 3 heterocycles. The lowest BCUT2D eigenvalue weighted by Crippen LogP contribution is -2.35. The summed E-state index contributed by atoms with van der Waals surface area (Å²) in [4.78, 5) is 23.5. The fourth-order valence-corrected chi connectivity index (χ4v) is 7.22. The summed E-state index contributed by atoms with van der Waals surface area (Å²) in [5.41, 5.74) is 1.40. The van der Waals surface area contributed by atoms with Crippen LogP contribution in [0.1, 0.15) is 29.7 Å². The standard InChI is InChI=1S/C21H23ClN4O3S3/c1-13-14(2)31-21-19(13)20(23-12-24-21)30-11-18(27)25-17-10-15(6-7-16(17)22)32(28,29)26-8-4-3-5-9-26/h6-7,10,12H,3-5,8-9,11H2,1-2H3,(H,25,27). The summed E-state index contributed by atoms with van der Waals surface area (Å²) in [5.74, 6) is -0.180. The summed E-state index contributed by atoms with van der Waals surface area (Å²) in [5, 5.41) is 4.76. The predicted octanol–water partition coefficient (Wildman–Crippen LogP) is 4.87. The van der Waals surface area contributed by atoms with Crippen molar-refractivity contribution in [1.29, 1.82) is 0 Å². The second kappa shape index (κ2) is 9.64. The van der Waals surface area contributed by atoms with Gasteiger partial charge in [0.2, 0.25) is 15.9 Å². The summed E-state index contributed by atoms with van der Waals surface area (Å²) in [7, 11) is -3.62. The van der Waals surface area contributed by atoms with Crippen LogP contribution in [0.15, 0.2) is 34.4 Å². The van der Waals surface area contributed by atoms with Gasteiger partial charge in [-0.15, -0.1) is 11.3 Å². The third-order valence-electron chi connectivity index (χ3n) is 5.44. The summed E-state index contributed by atoms with van der Waals surface area (Å²) in [6, 6.07) is 4.42. The average molecular weight is 511 g/mol. The molecule has 1 aliphatic rings. The Morgan fingerprint density at radius 2 is 1.97 bits per heavy atom. The van der Waals surface area contributed by atoms with Gasteiger partial charge in [-0.1, -0.05) is 29.8 Å². The molecule has 11 heteroatoms. The molecule has 1 fully saturated rings. The lowest BCUT2D eigenvalue weighted by atomic mass is 10.2. The number of hydrogen-bond acceptors (Lipinski definition) is 7. The van der Waals surface area contributed by atoms with Gasteiger partial charge in [0.05, 0.1) is 21.4 Å². The van der Waals surface area contributed by atoms with E-state index in [2.05, 4.69) is 15.3 Å². The molecule has 0 spiro atoms. The van der Waals surface area contributed by atoms with Crippen molar-refractivity contribution in [2.24, 2.45) is 0 Å². The second-order valence-electron chi connectivity index (χ2n) is 7.59. The number of nitrogens with one attached hydrogen (secondary N) is 1. The van der Waals surface area contributed by atoms with E-state index in [9.17, 15) is 13.2 Å². The second-order valence-corrected chi connectivity index (χ2v) is 12.1. The molecule has 0 radical (unpaired) electrons. The Morgan fingerprint density at radius 1 is 1.22 bits per heavy atom. The zero-order chi connectivity index (χ0) is 22.9. The third kappa shape index (κ3) is 4.79. The van der Waals surface area contributed by atoms with Crippen LogP contribution in [-0.4, -0.2) is 47.4 Å². The summed E-state index contributed by atoms with van der Waals surface area (Å²) < 4.78 is 27.4. The molecule has 3 aromatic rings. The van der Waals surface area contributed by atoms with Gasteiger partial charge in [-0.05, 0) is 50.5 Å². The molecule has 0 unspecified atom stereocenters. The van der Waals surface area contributed by atoms with Crippen LogP contribution >= 0.6 is 34.7 Å². The highest BCUT2D eigenvalue weighted by Crippen LogP contribution is 2.34. The number of thiophene rings is 1. The summed E-state index contributed by atoms with van der Waals surface area (Å²) in [6.45, 7) is 5.09. The first kappa shape index (κ1) is 23.4. The number of halogens is 1. The van der Waals surface area contributed by atoms with E-state index >= 15 is 0 Å². The van der Waals surface area contributed by atoms with E-state index in [-0.39, 0.29) is 27.3 Å². The van der Waals surface area contributed by atoms with Gasteiger partial charge in [0.1, 0.15) is 16.2 Å². The number of anilines is 1. The molecule has 0 bridgehead atoms. The molecule has 0 saturated carbocycles. The van der Waals surface area contributed by atoms with Crippen LogP contribution in [0.4, 0.5) is 5.69 Å².